The van der Waals surface area contributed by atoms with Crippen LogP contribution in [0.1, 0.15) is 26.7 Å². The topological polar surface area (TPSA) is 59.1 Å². The molecule has 8 heteroatoms. The molecule has 1 aromatic carbocycles. The maximum absolute atomic E-state index is 12.8. The molecule has 6 nitrogen and oxygen atoms in total. The highest BCUT2D eigenvalue weighted by Gasteiger charge is 2.33. The van der Waals surface area contributed by atoms with Gasteiger partial charge in [-0.25, -0.2) is 0 Å². The van der Waals surface area contributed by atoms with Gasteiger partial charge in [0.15, 0.2) is 6.61 Å². The Morgan fingerprint density at radius 3 is 2.39 bits per heavy atom. The van der Waals surface area contributed by atoms with Gasteiger partial charge < -0.3 is 19.3 Å². The van der Waals surface area contributed by atoms with E-state index in [4.69, 9.17) is 32.7 Å². The molecule has 0 N–H and O–H groups in total. The fraction of sp³-hybridized carbons (Fsp3) is 0.600. The van der Waals surface area contributed by atoms with E-state index in [-0.39, 0.29) is 36.5 Å². The van der Waals surface area contributed by atoms with Crippen molar-refractivity contribution in [1.29, 1.82) is 0 Å². The van der Waals surface area contributed by atoms with Gasteiger partial charge in [0.1, 0.15) is 5.75 Å². The van der Waals surface area contributed by atoms with Crippen molar-refractivity contribution in [1.82, 2.24) is 9.80 Å². The van der Waals surface area contributed by atoms with Crippen LogP contribution in [0.4, 0.5) is 0 Å². The van der Waals surface area contributed by atoms with Crippen molar-refractivity contribution >= 4 is 35.0 Å². The zero-order chi connectivity index (χ0) is 20.3. The zero-order valence-corrected chi connectivity index (χ0v) is 17.7. The second-order valence-corrected chi connectivity index (χ2v) is 8.36. The number of piperidine rings is 1. The quantitative estimate of drug-likeness (QED) is 0.738. The van der Waals surface area contributed by atoms with Crippen molar-refractivity contribution < 1.29 is 19.1 Å². The monoisotopic (exact) mass is 428 g/mol. The minimum absolute atomic E-state index is 0.0372. The lowest BCUT2D eigenvalue weighted by Crippen LogP contribution is -2.52. The Hall–Kier alpha value is -1.50. The minimum atomic E-state index is -0.115. The fourth-order valence-electron chi connectivity index (χ4n) is 3.81. The molecule has 0 aliphatic carbocycles. The molecule has 0 radical (unpaired) electrons. The van der Waals surface area contributed by atoms with E-state index in [9.17, 15) is 9.59 Å². The van der Waals surface area contributed by atoms with Crippen LogP contribution in [0.5, 0.6) is 5.75 Å². The van der Waals surface area contributed by atoms with E-state index in [0.717, 1.165) is 0 Å². The summed E-state index contributed by atoms with van der Waals surface area (Å²) in [5.41, 5.74) is 0. The summed E-state index contributed by atoms with van der Waals surface area (Å²) in [5.74, 6) is 0.416. The Labute approximate surface area is 175 Å². The predicted octanol–water partition coefficient (Wildman–Crippen LogP) is 3.25. The molecule has 0 bridgehead atoms. The average molecular weight is 429 g/mol. The number of amides is 2. The number of hydrogen-bond donors (Lipinski definition) is 0. The highest BCUT2D eigenvalue weighted by molar-refractivity contribution is 6.34. The number of rotatable bonds is 4. The Balaban J connectivity index is 1.47. The van der Waals surface area contributed by atoms with Crippen LogP contribution < -0.4 is 4.74 Å². The van der Waals surface area contributed by atoms with Crippen molar-refractivity contribution in [3.63, 3.8) is 0 Å². The smallest absolute Gasteiger partial charge is 0.260 e. The van der Waals surface area contributed by atoms with Crippen LogP contribution in [0.25, 0.3) is 0 Å². The normalized spacial score (nSPS) is 23.6. The maximum atomic E-state index is 12.8. The molecule has 2 aliphatic heterocycles. The van der Waals surface area contributed by atoms with E-state index in [1.54, 1.807) is 23.1 Å². The number of hydrogen-bond acceptors (Lipinski definition) is 4. The summed E-state index contributed by atoms with van der Waals surface area (Å²) >= 11 is 12.0. The number of morpholine rings is 1. The van der Waals surface area contributed by atoms with E-state index < -0.39 is 0 Å². The zero-order valence-electron chi connectivity index (χ0n) is 16.2. The van der Waals surface area contributed by atoms with Crippen LogP contribution in [0.3, 0.4) is 0 Å². The van der Waals surface area contributed by atoms with Gasteiger partial charge in [-0.2, -0.15) is 0 Å². The van der Waals surface area contributed by atoms with Crippen LogP contribution in [-0.2, 0) is 14.3 Å². The van der Waals surface area contributed by atoms with E-state index in [2.05, 4.69) is 0 Å². The third kappa shape index (κ3) is 5.31. The summed E-state index contributed by atoms with van der Waals surface area (Å²) < 4.78 is 11.2. The summed E-state index contributed by atoms with van der Waals surface area (Å²) in [7, 11) is 0. The number of nitrogens with zero attached hydrogens (tertiary/aromatic N) is 2. The SMILES string of the molecule is CC1CN(C(=O)C2CCN(C(=O)COc3cc(Cl)ccc3Cl)CC2)CC(C)O1. The number of carbonyl (C=O) groups is 2. The maximum Gasteiger partial charge on any atom is 0.260 e. The fourth-order valence-corrected chi connectivity index (χ4v) is 4.14. The molecule has 0 spiro atoms. The van der Waals surface area contributed by atoms with Gasteiger partial charge in [0.05, 0.1) is 17.2 Å². The number of carbonyl (C=O) groups excluding carboxylic acids is 2. The summed E-state index contributed by atoms with van der Waals surface area (Å²) in [6.45, 7) is 6.26. The van der Waals surface area contributed by atoms with Crippen LogP contribution in [-0.4, -0.2) is 66.6 Å². The molecule has 0 saturated carbocycles. The van der Waals surface area contributed by atoms with E-state index in [0.29, 0.717) is 54.8 Å². The molecule has 28 heavy (non-hydrogen) atoms. The third-order valence-corrected chi connectivity index (χ3v) is 5.72. The van der Waals surface area contributed by atoms with Crippen molar-refractivity contribution in [2.24, 2.45) is 5.92 Å². The molecule has 154 valence electrons. The summed E-state index contributed by atoms with van der Waals surface area (Å²) in [5, 5.41) is 0.911. The molecule has 2 saturated heterocycles. The lowest BCUT2D eigenvalue weighted by atomic mass is 9.94. The molecule has 2 heterocycles. The molecule has 2 unspecified atom stereocenters. The molecule has 2 atom stereocenters. The van der Waals surface area contributed by atoms with Crippen molar-refractivity contribution in [2.45, 2.75) is 38.9 Å². The number of benzene rings is 1. The van der Waals surface area contributed by atoms with E-state index >= 15 is 0 Å². The largest absolute Gasteiger partial charge is 0.482 e. The lowest BCUT2D eigenvalue weighted by Gasteiger charge is -2.39. The summed E-state index contributed by atoms with van der Waals surface area (Å²) in [4.78, 5) is 28.9. The minimum Gasteiger partial charge on any atom is -0.482 e. The van der Waals surface area contributed by atoms with Gasteiger partial charge in [0, 0.05) is 43.2 Å². The molecule has 0 aromatic heterocycles. The van der Waals surface area contributed by atoms with Crippen LogP contribution in [0.15, 0.2) is 18.2 Å². The van der Waals surface area contributed by atoms with Crippen LogP contribution >= 0.6 is 23.2 Å². The van der Waals surface area contributed by atoms with Gasteiger partial charge in [0.25, 0.3) is 5.91 Å². The van der Waals surface area contributed by atoms with Gasteiger partial charge >= 0.3 is 0 Å². The Morgan fingerprint density at radius 1 is 1.11 bits per heavy atom. The molecule has 2 fully saturated rings. The Morgan fingerprint density at radius 2 is 1.75 bits per heavy atom. The van der Waals surface area contributed by atoms with Crippen LogP contribution in [0, 0.1) is 5.92 Å². The van der Waals surface area contributed by atoms with Gasteiger partial charge in [-0.05, 0) is 38.8 Å². The molecule has 2 aliphatic rings. The predicted molar refractivity (Wildman–Crippen MR) is 108 cm³/mol. The summed E-state index contributed by atoms with van der Waals surface area (Å²) in [6.07, 6.45) is 1.46. The summed E-state index contributed by atoms with van der Waals surface area (Å²) in [6, 6.07) is 4.89. The van der Waals surface area contributed by atoms with Crippen molar-refractivity contribution in [2.75, 3.05) is 32.8 Å². The molecular weight excluding hydrogens is 403 g/mol. The highest BCUT2D eigenvalue weighted by atomic mass is 35.5. The number of halogens is 2. The number of likely N-dealkylation sites (tertiary alicyclic amines) is 1. The second kappa shape index (κ2) is 9.33. The van der Waals surface area contributed by atoms with Gasteiger partial charge in [-0.3, -0.25) is 9.59 Å². The van der Waals surface area contributed by atoms with Crippen molar-refractivity contribution in [3.8, 4) is 5.75 Å². The highest BCUT2D eigenvalue weighted by Crippen LogP contribution is 2.28. The Bertz CT molecular complexity index is 712. The van der Waals surface area contributed by atoms with Gasteiger partial charge in [-0.1, -0.05) is 23.2 Å². The third-order valence-electron chi connectivity index (χ3n) is 5.17. The van der Waals surface area contributed by atoms with Gasteiger partial charge in [0.2, 0.25) is 5.91 Å². The van der Waals surface area contributed by atoms with Crippen molar-refractivity contribution in [3.05, 3.63) is 28.2 Å². The Kier molecular flexibility index (Phi) is 7.07. The first kappa shape index (κ1) is 21.2. The molecular formula is C20H26Cl2N2O4. The van der Waals surface area contributed by atoms with E-state index in [1.807, 2.05) is 18.7 Å². The van der Waals surface area contributed by atoms with Crippen LogP contribution in [0.2, 0.25) is 10.0 Å². The molecule has 3 rings (SSSR count). The first-order chi connectivity index (χ1) is 13.3. The van der Waals surface area contributed by atoms with Gasteiger partial charge in [-0.15, -0.1) is 0 Å². The second-order valence-electron chi connectivity index (χ2n) is 7.52. The number of ether oxygens (including phenoxy) is 2. The first-order valence-corrected chi connectivity index (χ1v) is 10.4. The lowest BCUT2D eigenvalue weighted by molar-refractivity contribution is -0.150. The first-order valence-electron chi connectivity index (χ1n) is 9.63. The van der Waals surface area contributed by atoms with E-state index in [1.165, 1.54) is 0 Å². The average Bonchev–Trinajstić information content (AvgIpc) is 2.67. The standard InChI is InChI=1S/C20H26Cl2N2O4/c1-13-10-24(11-14(2)28-13)20(26)15-5-7-23(8-6-15)19(25)12-27-18-9-16(21)3-4-17(18)22/h3-4,9,13-15H,5-8,10-12H2,1-2H3. The molecule has 2 amide bonds. The molecule has 1 aromatic rings.